The maximum absolute atomic E-state index is 12.5. The molecule has 0 radical (unpaired) electrons. The average molecular weight is 424 g/mol. The van der Waals surface area contributed by atoms with Crippen LogP contribution in [-0.4, -0.2) is 42.5 Å². The van der Waals surface area contributed by atoms with Gasteiger partial charge in [-0.1, -0.05) is 24.3 Å². The first-order valence-electron chi connectivity index (χ1n) is 10.7. The Bertz CT molecular complexity index is 931. The zero-order valence-electron chi connectivity index (χ0n) is 17.5. The molecule has 0 spiro atoms. The van der Waals surface area contributed by atoms with E-state index in [4.69, 9.17) is 4.74 Å². The number of ether oxygens (including phenoxy) is 1. The summed E-state index contributed by atoms with van der Waals surface area (Å²) in [6.45, 7) is 2.82. The molecule has 0 saturated carbocycles. The van der Waals surface area contributed by atoms with Crippen LogP contribution in [0, 0.1) is 0 Å². The maximum Gasteiger partial charge on any atom is 0.220 e. The lowest BCUT2D eigenvalue weighted by molar-refractivity contribution is -0.121. The van der Waals surface area contributed by atoms with Crippen molar-refractivity contribution in [3.05, 3.63) is 59.1 Å². The van der Waals surface area contributed by atoms with Gasteiger partial charge >= 0.3 is 0 Å². The molecule has 158 valence electrons. The molecule has 1 aromatic heterocycles. The number of carbonyl (C=O) groups is 1. The summed E-state index contributed by atoms with van der Waals surface area (Å²) in [6, 6.07) is 16.6. The summed E-state index contributed by atoms with van der Waals surface area (Å²) < 4.78 is 6.50. The number of rotatable bonds is 9. The molecule has 1 saturated heterocycles. The van der Waals surface area contributed by atoms with Gasteiger partial charge in [0.1, 0.15) is 5.75 Å². The number of nitrogens with zero attached hydrogens (tertiary/aromatic N) is 2. The Morgan fingerprint density at radius 3 is 2.67 bits per heavy atom. The third-order valence-electron chi connectivity index (χ3n) is 5.71. The SMILES string of the molecule is COc1ccc(C(CNC(=O)CCCc2nc3ccccc3s2)N2CCCC2)cc1. The van der Waals surface area contributed by atoms with Crippen molar-refractivity contribution in [2.45, 2.75) is 38.1 Å². The van der Waals surface area contributed by atoms with E-state index < -0.39 is 0 Å². The molecule has 2 aromatic carbocycles. The zero-order chi connectivity index (χ0) is 20.8. The molecule has 1 N–H and O–H groups in total. The van der Waals surface area contributed by atoms with Crippen molar-refractivity contribution in [2.75, 3.05) is 26.7 Å². The van der Waals surface area contributed by atoms with Gasteiger partial charge in [0.2, 0.25) is 5.91 Å². The number of thiazole rings is 1. The summed E-state index contributed by atoms with van der Waals surface area (Å²) in [5.74, 6) is 0.978. The highest BCUT2D eigenvalue weighted by Crippen LogP contribution is 2.26. The number of hydrogen-bond acceptors (Lipinski definition) is 5. The summed E-state index contributed by atoms with van der Waals surface area (Å²) in [6.07, 6.45) is 4.65. The van der Waals surface area contributed by atoms with Crippen LogP contribution in [0.25, 0.3) is 10.2 Å². The number of aryl methyl sites for hydroxylation is 1. The van der Waals surface area contributed by atoms with Gasteiger partial charge in [-0.3, -0.25) is 9.69 Å². The van der Waals surface area contributed by atoms with Gasteiger partial charge in [0.05, 0.1) is 28.4 Å². The molecule has 1 fully saturated rings. The van der Waals surface area contributed by atoms with E-state index in [1.807, 2.05) is 30.3 Å². The zero-order valence-corrected chi connectivity index (χ0v) is 18.3. The van der Waals surface area contributed by atoms with Gasteiger partial charge in [-0.25, -0.2) is 4.98 Å². The van der Waals surface area contributed by atoms with Crippen molar-refractivity contribution < 1.29 is 9.53 Å². The minimum Gasteiger partial charge on any atom is -0.497 e. The topological polar surface area (TPSA) is 54.5 Å². The van der Waals surface area contributed by atoms with E-state index in [1.165, 1.54) is 23.1 Å². The van der Waals surface area contributed by atoms with E-state index in [0.717, 1.165) is 42.2 Å². The Balaban J connectivity index is 1.29. The highest BCUT2D eigenvalue weighted by Gasteiger charge is 2.24. The third-order valence-corrected chi connectivity index (χ3v) is 6.80. The second-order valence-electron chi connectivity index (χ2n) is 7.76. The van der Waals surface area contributed by atoms with Gasteiger partial charge in [0.25, 0.3) is 0 Å². The highest BCUT2D eigenvalue weighted by molar-refractivity contribution is 7.18. The summed E-state index contributed by atoms with van der Waals surface area (Å²) >= 11 is 1.72. The number of carbonyl (C=O) groups excluding carboxylic acids is 1. The van der Waals surface area contributed by atoms with E-state index in [2.05, 4.69) is 33.4 Å². The summed E-state index contributed by atoms with van der Waals surface area (Å²) in [5, 5.41) is 4.28. The van der Waals surface area contributed by atoms with Crippen molar-refractivity contribution in [3.8, 4) is 5.75 Å². The first kappa shape index (κ1) is 20.8. The minimum absolute atomic E-state index is 0.119. The average Bonchev–Trinajstić information content (AvgIpc) is 3.44. The second-order valence-corrected chi connectivity index (χ2v) is 8.88. The highest BCUT2D eigenvalue weighted by atomic mass is 32.1. The monoisotopic (exact) mass is 423 g/mol. The predicted octanol–water partition coefficient (Wildman–Crippen LogP) is 4.58. The van der Waals surface area contributed by atoms with Crippen molar-refractivity contribution in [1.82, 2.24) is 15.2 Å². The predicted molar refractivity (Wildman–Crippen MR) is 122 cm³/mol. The Hall–Kier alpha value is -2.44. The number of fused-ring (bicyclic) bond motifs is 1. The van der Waals surface area contributed by atoms with Crippen LogP contribution in [0.3, 0.4) is 0 Å². The third kappa shape index (κ3) is 5.18. The molecule has 1 aliphatic heterocycles. The van der Waals surface area contributed by atoms with Crippen LogP contribution in [0.2, 0.25) is 0 Å². The molecule has 5 nitrogen and oxygen atoms in total. The van der Waals surface area contributed by atoms with E-state index in [0.29, 0.717) is 13.0 Å². The van der Waals surface area contributed by atoms with Crippen LogP contribution in [0.15, 0.2) is 48.5 Å². The van der Waals surface area contributed by atoms with Crippen LogP contribution < -0.4 is 10.1 Å². The number of nitrogens with one attached hydrogen (secondary N) is 1. The lowest BCUT2D eigenvalue weighted by Gasteiger charge is -2.28. The summed E-state index contributed by atoms with van der Waals surface area (Å²) in [5.41, 5.74) is 2.28. The lowest BCUT2D eigenvalue weighted by atomic mass is 10.0. The van der Waals surface area contributed by atoms with E-state index in [-0.39, 0.29) is 11.9 Å². The normalized spacial score (nSPS) is 15.4. The Labute approximate surface area is 182 Å². The van der Waals surface area contributed by atoms with E-state index in [9.17, 15) is 4.79 Å². The second kappa shape index (κ2) is 10.0. The number of para-hydroxylation sites is 1. The molecule has 1 unspecified atom stereocenters. The molecule has 1 amide bonds. The molecule has 1 aliphatic rings. The van der Waals surface area contributed by atoms with Gasteiger partial charge in [0.15, 0.2) is 0 Å². The summed E-state index contributed by atoms with van der Waals surface area (Å²) in [7, 11) is 1.68. The van der Waals surface area contributed by atoms with Crippen molar-refractivity contribution in [3.63, 3.8) is 0 Å². The molecule has 30 heavy (non-hydrogen) atoms. The van der Waals surface area contributed by atoms with Crippen LogP contribution in [-0.2, 0) is 11.2 Å². The Kier molecular flexibility index (Phi) is 6.97. The molecular formula is C24H29N3O2S. The van der Waals surface area contributed by atoms with Crippen molar-refractivity contribution in [1.29, 1.82) is 0 Å². The molecular weight excluding hydrogens is 394 g/mol. The van der Waals surface area contributed by atoms with Gasteiger partial charge in [-0.15, -0.1) is 11.3 Å². The van der Waals surface area contributed by atoms with Crippen LogP contribution in [0.5, 0.6) is 5.75 Å². The van der Waals surface area contributed by atoms with Gasteiger partial charge < -0.3 is 10.1 Å². The van der Waals surface area contributed by atoms with Gasteiger partial charge in [0, 0.05) is 13.0 Å². The molecule has 0 aliphatic carbocycles. The molecule has 2 heterocycles. The Morgan fingerprint density at radius 1 is 1.17 bits per heavy atom. The van der Waals surface area contributed by atoms with Crippen LogP contribution in [0.4, 0.5) is 0 Å². The molecule has 6 heteroatoms. The lowest BCUT2D eigenvalue weighted by Crippen LogP contribution is -2.36. The van der Waals surface area contributed by atoms with E-state index >= 15 is 0 Å². The number of likely N-dealkylation sites (tertiary alicyclic amines) is 1. The number of amides is 1. The minimum atomic E-state index is 0.119. The first-order chi connectivity index (χ1) is 14.7. The summed E-state index contributed by atoms with van der Waals surface area (Å²) in [4.78, 5) is 19.6. The number of hydrogen-bond donors (Lipinski definition) is 1. The molecule has 3 aromatic rings. The standard InChI is InChI=1S/C24H29N3O2S/c1-29-19-13-11-18(12-14-19)21(27-15-4-5-16-27)17-25-23(28)9-6-10-24-26-20-7-2-3-8-22(20)30-24/h2-3,7-8,11-14,21H,4-6,9-10,15-17H2,1H3,(H,25,28). The van der Waals surface area contributed by atoms with E-state index in [1.54, 1.807) is 18.4 Å². The quantitative estimate of drug-likeness (QED) is 0.547. The largest absolute Gasteiger partial charge is 0.497 e. The van der Waals surface area contributed by atoms with Gasteiger partial charge in [-0.05, 0) is 68.6 Å². The fourth-order valence-electron chi connectivity index (χ4n) is 4.06. The first-order valence-corrected chi connectivity index (χ1v) is 11.5. The van der Waals surface area contributed by atoms with Crippen molar-refractivity contribution in [2.24, 2.45) is 0 Å². The number of benzene rings is 2. The smallest absolute Gasteiger partial charge is 0.220 e. The molecule has 0 bridgehead atoms. The van der Waals surface area contributed by atoms with Crippen molar-refractivity contribution >= 4 is 27.5 Å². The molecule has 1 atom stereocenters. The van der Waals surface area contributed by atoms with Crippen LogP contribution >= 0.6 is 11.3 Å². The van der Waals surface area contributed by atoms with Crippen LogP contribution in [0.1, 0.15) is 42.3 Å². The molecule has 4 rings (SSSR count). The maximum atomic E-state index is 12.5. The fourth-order valence-corrected chi connectivity index (χ4v) is 5.07. The number of aromatic nitrogens is 1. The Morgan fingerprint density at radius 2 is 1.93 bits per heavy atom. The number of methoxy groups -OCH3 is 1. The fraction of sp³-hybridized carbons (Fsp3) is 0.417. The van der Waals surface area contributed by atoms with Gasteiger partial charge in [-0.2, -0.15) is 0 Å².